The van der Waals surface area contributed by atoms with E-state index in [9.17, 15) is 9.59 Å². The number of benzene rings is 1. The summed E-state index contributed by atoms with van der Waals surface area (Å²) in [7, 11) is 0. The van der Waals surface area contributed by atoms with Crippen LogP contribution in [0, 0.1) is 11.3 Å². The summed E-state index contributed by atoms with van der Waals surface area (Å²) in [4.78, 5) is 27.2. The normalized spacial score (nSPS) is 16.8. The maximum Gasteiger partial charge on any atom is 0.372 e. The minimum atomic E-state index is -1.18. The number of rotatable bonds is 2. The number of carboxylic acid groups (broad SMARTS) is 1. The molecule has 1 heterocycles. The maximum atomic E-state index is 12.4. The van der Waals surface area contributed by atoms with Gasteiger partial charge in [-0.15, -0.1) is 0 Å². The van der Waals surface area contributed by atoms with E-state index in [-0.39, 0.29) is 11.6 Å². The summed E-state index contributed by atoms with van der Waals surface area (Å²) >= 11 is 0. The van der Waals surface area contributed by atoms with Crippen LogP contribution in [0.5, 0.6) is 0 Å². The molecule has 0 aliphatic heterocycles. The Morgan fingerprint density at radius 1 is 1.50 bits per heavy atom. The fourth-order valence-electron chi connectivity index (χ4n) is 2.56. The van der Waals surface area contributed by atoms with Gasteiger partial charge in [0.05, 0.1) is 11.6 Å². The number of ketones is 1. The van der Waals surface area contributed by atoms with Crippen LogP contribution in [0.2, 0.25) is 0 Å². The molecular formula is C14H9N3O3. The standard InChI is InChI=1S/C14H9N3O3/c15-7-8-2-1-3-9-10(8)6-11(12(9)18)17-5-4-16-13(17)14(19)20/h1-5,11H,6H2,(H,19,20). The molecule has 0 bridgehead atoms. The van der Waals surface area contributed by atoms with Crippen LogP contribution in [0.15, 0.2) is 30.6 Å². The summed E-state index contributed by atoms with van der Waals surface area (Å²) < 4.78 is 1.35. The lowest BCUT2D eigenvalue weighted by Gasteiger charge is -2.11. The first-order valence-corrected chi connectivity index (χ1v) is 5.96. The quantitative estimate of drug-likeness (QED) is 0.887. The third-order valence-electron chi connectivity index (χ3n) is 3.46. The number of aromatic nitrogens is 2. The Balaban J connectivity index is 2.09. The fraction of sp³-hybridized carbons (Fsp3) is 0.143. The Hall–Kier alpha value is -2.94. The Labute approximate surface area is 113 Å². The molecule has 1 aromatic heterocycles. The molecule has 1 aliphatic rings. The van der Waals surface area contributed by atoms with Crippen molar-refractivity contribution in [2.45, 2.75) is 12.5 Å². The largest absolute Gasteiger partial charge is 0.475 e. The van der Waals surface area contributed by atoms with Crippen LogP contribution in [-0.2, 0) is 6.42 Å². The lowest BCUT2D eigenvalue weighted by Crippen LogP contribution is -2.20. The van der Waals surface area contributed by atoms with Crippen molar-refractivity contribution in [2.75, 3.05) is 0 Å². The van der Waals surface area contributed by atoms with Crippen LogP contribution >= 0.6 is 0 Å². The Morgan fingerprint density at radius 2 is 2.30 bits per heavy atom. The highest BCUT2D eigenvalue weighted by Crippen LogP contribution is 2.32. The van der Waals surface area contributed by atoms with Gasteiger partial charge >= 0.3 is 5.97 Å². The van der Waals surface area contributed by atoms with Crippen molar-refractivity contribution >= 4 is 11.8 Å². The number of carbonyl (C=O) groups excluding carboxylic acids is 1. The second-order valence-corrected chi connectivity index (χ2v) is 4.49. The lowest BCUT2D eigenvalue weighted by atomic mass is 10.0. The van der Waals surface area contributed by atoms with Crippen LogP contribution in [0.4, 0.5) is 0 Å². The van der Waals surface area contributed by atoms with Crippen molar-refractivity contribution in [1.82, 2.24) is 9.55 Å². The molecule has 1 atom stereocenters. The zero-order valence-corrected chi connectivity index (χ0v) is 10.3. The zero-order valence-electron chi connectivity index (χ0n) is 10.3. The van der Waals surface area contributed by atoms with Gasteiger partial charge in [0, 0.05) is 24.4 Å². The predicted molar refractivity (Wildman–Crippen MR) is 67.4 cm³/mol. The summed E-state index contributed by atoms with van der Waals surface area (Å²) in [6.07, 6.45) is 3.14. The van der Waals surface area contributed by atoms with Gasteiger partial charge in [0.25, 0.3) is 0 Å². The predicted octanol–water partition coefficient (Wildman–Crippen LogP) is 1.43. The maximum absolute atomic E-state index is 12.4. The minimum Gasteiger partial charge on any atom is -0.475 e. The molecule has 20 heavy (non-hydrogen) atoms. The highest BCUT2D eigenvalue weighted by molar-refractivity contribution is 6.04. The second-order valence-electron chi connectivity index (χ2n) is 4.49. The summed E-state index contributed by atoms with van der Waals surface area (Å²) in [6.45, 7) is 0. The van der Waals surface area contributed by atoms with Crippen molar-refractivity contribution in [2.24, 2.45) is 0 Å². The van der Waals surface area contributed by atoms with Crippen molar-refractivity contribution in [3.05, 3.63) is 53.1 Å². The third-order valence-corrected chi connectivity index (χ3v) is 3.46. The number of carboxylic acids is 1. The molecule has 1 aliphatic carbocycles. The Morgan fingerprint density at radius 3 is 3.00 bits per heavy atom. The first-order chi connectivity index (χ1) is 9.63. The van der Waals surface area contributed by atoms with Gasteiger partial charge < -0.3 is 9.67 Å². The molecule has 1 unspecified atom stereocenters. The van der Waals surface area contributed by atoms with E-state index >= 15 is 0 Å². The molecule has 6 heteroatoms. The highest BCUT2D eigenvalue weighted by atomic mass is 16.4. The molecule has 0 spiro atoms. The molecule has 0 fully saturated rings. The number of hydrogen-bond donors (Lipinski definition) is 1. The van der Waals surface area contributed by atoms with Gasteiger partial charge in [0.15, 0.2) is 5.78 Å². The summed E-state index contributed by atoms with van der Waals surface area (Å²) in [5.74, 6) is -1.54. The topological polar surface area (TPSA) is 96.0 Å². The number of hydrogen-bond acceptors (Lipinski definition) is 4. The Kier molecular flexibility index (Phi) is 2.61. The first-order valence-electron chi connectivity index (χ1n) is 5.96. The summed E-state index contributed by atoms with van der Waals surface area (Å²) in [6, 6.07) is 6.38. The van der Waals surface area contributed by atoms with Gasteiger partial charge in [-0.05, 0) is 11.6 Å². The third kappa shape index (κ3) is 1.61. The Bertz CT molecular complexity index is 770. The van der Waals surface area contributed by atoms with Crippen LogP contribution in [0.25, 0.3) is 0 Å². The molecule has 0 saturated carbocycles. The van der Waals surface area contributed by atoms with Crippen molar-refractivity contribution in [3.8, 4) is 6.07 Å². The van der Waals surface area contributed by atoms with E-state index in [2.05, 4.69) is 11.1 Å². The van der Waals surface area contributed by atoms with Crippen LogP contribution in [0.3, 0.4) is 0 Å². The van der Waals surface area contributed by atoms with E-state index in [0.29, 0.717) is 23.1 Å². The monoisotopic (exact) mass is 267 g/mol. The van der Waals surface area contributed by atoms with Gasteiger partial charge in [-0.3, -0.25) is 4.79 Å². The average Bonchev–Trinajstić information content (AvgIpc) is 3.03. The minimum absolute atomic E-state index is 0.172. The van der Waals surface area contributed by atoms with E-state index < -0.39 is 12.0 Å². The molecule has 0 radical (unpaired) electrons. The molecule has 1 N–H and O–H groups in total. The number of nitriles is 1. The smallest absolute Gasteiger partial charge is 0.372 e. The first kappa shape index (κ1) is 12.1. The highest BCUT2D eigenvalue weighted by Gasteiger charge is 2.35. The average molecular weight is 267 g/mol. The molecule has 6 nitrogen and oxygen atoms in total. The van der Waals surface area contributed by atoms with Crippen LogP contribution in [0.1, 0.15) is 38.1 Å². The lowest BCUT2D eigenvalue weighted by molar-refractivity contribution is 0.0675. The number of Topliss-reactive ketones (excluding diaryl/α,β-unsaturated/α-hetero) is 1. The van der Waals surface area contributed by atoms with E-state index in [1.807, 2.05) is 0 Å². The van der Waals surface area contributed by atoms with Gasteiger partial charge in [-0.25, -0.2) is 9.78 Å². The molecule has 2 aromatic rings. The molecule has 0 saturated heterocycles. The number of fused-ring (bicyclic) bond motifs is 1. The molecular weight excluding hydrogens is 258 g/mol. The SMILES string of the molecule is N#Cc1cccc2c1CC(n1ccnc1C(=O)O)C2=O. The van der Waals surface area contributed by atoms with E-state index in [0.717, 1.165) is 0 Å². The van der Waals surface area contributed by atoms with Gasteiger partial charge in [0.2, 0.25) is 5.82 Å². The summed E-state index contributed by atoms with van der Waals surface area (Å²) in [5, 5.41) is 18.1. The van der Waals surface area contributed by atoms with Gasteiger partial charge in [0.1, 0.15) is 6.04 Å². The fourth-order valence-corrected chi connectivity index (χ4v) is 2.56. The number of aromatic carboxylic acids is 1. The van der Waals surface area contributed by atoms with Gasteiger partial charge in [-0.1, -0.05) is 12.1 Å². The molecule has 1 aromatic carbocycles. The van der Waals surface area contributed by atoms with Crippen molar-refractivity contribution in [1.29, 1.82) is 5.26 Å². The van der Waals surface area contributed by atoms with Crippen molar-refractivity contribution in [3.63, 3.8) is 0 Å². The van der Waals surface area contributed by atoms with Gasteiger partial charge in [-0.2, -0.15) is 5.26 Å². The summed E-state index contributed by atoms with van der Waals surface area (Å²) in [5.41, 5.74) is 1.62. The van der Waals surface area contributed by atoms with E-state index in [4.69, 9.17) is 10.4 Å². The molecule has 0 amide bonds. The number of carbonyl (C=O) groups is 2. The number of imidazole rings is 1. The number of nitrogens with zero attached hydrogens (tertiary/aromatic N) is 3. The second kappa shape index (κ2) is 4.31. The van der Waals surface area contributed by atoms with E-state index in [1.165, 1.54) is 17.0 Å². The molecule has 98 valence electrons. The van der Waals surface area contributed by atoms with E-state index in [1.54, 1.807) is 18.2 Å². The van der Waals surface area contributed by atoms with Crippen LogP contribution < -0.4 is 0 Å². The van der Waals surface area contributed by atoms with Crippen molar-refractivity contribution < 1.29 is 14.7 Å². The molecule has 3 rings (SSSR count). The zero-order chi connectivity index (χ0) is 14.3. The van der Waals surface area contributed by atoms with Crippen LogP contribution in [-0.4, -0.2) is 26.4 Å².